The maximum Gasteiger partial charge on any atom is 0.242 e. The molecular weight excluding hydrogens is 287 g/mol. The van der Waals surface area contributed by atoms with E-state index in [1.165, 1.54) is 6.07 Å². The van der Waals surface area contributed by atoms with Crippen LogP contribution in [0.15, 0.2) is 16.6 Å². The van der Waals surface area contributed by atoms with Gasteiger partial charge in [0.25, 0.3) is 0 Å². The molecule has 0 atom stereocenters. The van der Waals surface area contributed by atoms with Crippen LogP contribution in [0.4, 0.5) is 4.39 Å². The summed E-state index contributed by atoms with van der Waals surface area (Å²) in [5.41, 5.74) is 0. The third kappa shape index (κ3) is 3.26. The summed E-state index contributed by atoms with van der Waals surface area (Å²) in [5, 5.41) is 0.359. The van der Waals surface area contributed by atoms with Crippen LogP contribution in [0, 0.1) is 5.82 Å². The first-order valence-electron chi connectivity index (χ1n) is 4.13. The van der Waals surface area contributed by atoms with Crippen molar-refractivity contribution in [1.29, 1.82) is 0 Å². The van der Waals surface area contributed by atoms with Crippen LogP contribution in [0.3, 0.4) is 0 Å². The lowest BCUT2D eigenvalue weighted by atomic mass is 10.3. The van der Waals surface area contributed by atoms with Gasteiger partial charge < -0.3 is 4.43 Å². The van der Waals surface area contributed by atoms with E-state index in [1.807, 2.05) is 19.6 Å². The SMILES string of the molecule is C[Si](C)(C)Oc1c(F)cc(Cl)cc1Br. The second-order valence-electron chi connectivity index (χ2n) is 3.91. The van der Waals surface area contributed by atoms with E-state index in [2.05, 4.69) is 15.9 Å². The Morgan fingerprint density at radius 1 is 1.36 bits per heavy atom. The summed E-state index contributed by atoms with van der Waals surface area (Å²) in [4.78, 5) is 0. The van der Waals surface area contributed by atoms with Gasteiger partial charge in [0.1, 0.15) is 0 Å². The largest absolute Gasteiger partial charge is 0.542 e. The third-order valence-electron chi connectivity index (χ3n) is 1.37. The zero-order chi connectivity index (χ0) is 10.9. The summed E-state index contributed by atoms with van der Waals surface area (Å²) in [6.45, 7) is 5.98. The standard InChI is InChI=1S/C9H11BrClFOSi/c1-14(2,3)13-9-7(10)4-6(11)5-8(9)12/h4-5H,1-3H3. The Bertz CT molecular complexity index is 328. The molecule has 0 bridgehead atoms. The van der Waals surface area contributed by atoms with Gasteiger partial charge in [0.05, 0.1) is 4.47 Å². The first kappa shape index (κ1) is 12.0. The first-order valence-corrected chi connectivity index (χ1v) is 8.71. The lowest BCUT2D eigenvalue weighted by Crippen LogP contribution is -2.29. The highest BCUT2D eigenvalue weighted by atomic mass is 79.9. The minimum absolute atomic E-state index is 0.258. The van der Waals surface area contributed by atoms with Crippen LogP contribution in [0.25, 0.3) is 0 Å². The van der Waals surface area contributed by atoms with E-state index < -0.39 is 14.1 Å². The minimum Gasteiger partial charge on any atom is -0.542 e. The van der Waals surface area contributed by atoms with Crippen LogP contribution in [0.1, 0.15) is 0 Å². The Hall–Kier alpha value is -0.0631. The summed E-state index contributed by atoms with van der Waals surface area (Å²) < 4.78 is 19.6. The fraction of sp³-hybridized carbons (Fsp3) is 0.333. The van der Waals surface area contributed by atoms with Gasteiger partial charge in [0.2, 0.25) is 8.32 Å². The predicted molar refractivity (Wildman–Crippen MR) is 63.1 cm³/mol. The molecule has 0 aliphatic heterocycles. The van der Waals surface area contributed by atoms with Gasteiger partial charge in [-0.05, 0) is 47.7 Å². The molecule has 14 heavy (non-hydrogen) atoms. The van der Waals surface area contributed by atoms with Crippen LogP contribution in [-0.4, -0.2) is 8.32 Å². The second-order valence-corrected chi connectivity index (χ2v) is 9.63. The van der Waals surface area contributed by atoms with E-state index in [0.29, 0.717) is 9.50 Å². The van der Waals surface area contributed by atoms with E-state index in [1.54, 1.807) is 6.07 Å². The molecule has 0 amide bonds. The summed E-state index contributed by atoms with van der Waals surface area (Å²) in [5.74, 6) is -0.166. The van der Waals surface area contributed by atoms with Crippen molar-refractivity contribution in [2.24, 2.45) is 0 Å². The maximum atomic E-state index is 13.4. The van der Waals surface area contributed by atoms with Gasteiger partial charge in [-0.15, -0.1) is 0 Å². The van der Waals surface area contributed by atoms with E-state index in [9.17, 15) is 4.39 Å². The normalized spacial score (nSPS) is 11.6. The molecule has 0 aromatic heterocycles. The van der Waals surface area contributed by atoms with Crippen molar-refractivity contribution >= 4 is 35.8 Å². The monoisotopic (exact) mass is 296 g/mol. The van der Waals surface area contributed by atoms with Crippen molar-refractivity contribution in [3.05, 3.63) is 27.4 Å². The topological polar surface area (TPSA) is 9.23 Å². The molecule has 0 unspecified atom stereocenters. The van der Waals surface area contributed by atoms with Gasteiger partial charge in [-0.3, -0.25) is 0 Å². The van der Waals surface area contributed by atoms with Crippen LogP contribution in [0.5, 0.6) is 5.75 Å². The molecule has 1 nitrogen and oxygen atoms in total. The third-order valence-corrected chi connectivity index (χ3v) is 3.00. The van der Waals surface area contributed by atoms with Crippen molar-refractivity contribution in [2.75, 3.05) is 0 Å². The van der Waals surface area contributed by atoms with Gasteiger partial charge in [-0.2, -0.15) is 0 Å². The van der Waals surface area contributed by atoms with E-state index >= 15 is 0 Å². The second kappa shape index (κ2) is 4.21. The molecule has 78 valence electrons. The fourth-order valence-corrected chi connectivity index (χ4v) is 2.76. The molecule has 0 aliphatic carbocycles. The maximum absolute atomic E-state index is 13.4. The Balaban J connectivity index is 3.09. The lowest BCUT2D eigenvalue weighted by molar-refractivity contribution is 0.492. The van der Waals surface area contributed by atoms with Crippen LogP contribution < -0.4 is 4.43 Å². The Morgan fingerprint density at radius 2 is 1.93 bits per heavy atom. The van der Waals surface area contributed by atoms with Gasteiger partial charge in [-0.25, -0.2) is 4.39 Å². The molecule has 0 saturated heterocycles. The molecule has 5 heteroatoms. The zero-order valence-corrected chi connectivity index (χ0v) is 11.5. The van der Waals surface area contributed by atoms with Crippen molar-refractivity contribution in [3.63, 3.8) is 0 Å². The molecule has 0 saturated carbocycles. The zero-order valence-electron chi connectivity index (χ0n) is 8.20. The molecule has 0 heterocycles. The Morgan fingerprint density at radius 3 is 2.36 bits per heavy atom. The van der Waals surface area contributed by atoms with Crippen LogP contribution in [-0.2, 0) is 0 Å². The van der Waals surface area contributed by atoms with Crippen molar-refractivity contribution in [3.8, 4) is 5.75 Å². The number of hydrogen-bond donors (Lipinski definition) is 0. The smallest absolute Gasteiger partial charge is 0.242 e. The lowest BCUT2D eigenvalue weighted by Gasteiger charge is -2.20. The number of rotatable bonds is 2. The molecule has 1 aromatic rings. The molecular formula is C9H11BrClFOSi. The van der Waals surface area contributed by atoms with E-state index in [0.717, 1.165) is 0 Å². The Kier molecular flexibility index (Phi) is 3.61. The quantitative estimate of drug-likeness (QED) is 0.733. The predicted octanol–water partition coefficient (Wildman–Crippen LogP) is 4.46. The van der Waals surface area contributed by atoms with Gasteiger partial charge in [-0.1, -0.05) is 11.6 Å². The molecule has 0 aliphatic rings. The number of hydrogen-bond acceptors (Lipinski definition) is 1. The van der Waals surface area contributed by atoms with Crippen molar-refractivity contribution < 1.29 is 8.82 Å². The Labute approximate surface area is 97.5 Å². The summed E-state index contributed by atoms with van der Waals surface area (Å²) in [6, 6.07) is 2.88. The van der Waals surface area contributed by atoms with E-state index in [4.69, 9.17) is 16.0 Å². The van der Waals surface area contributed by atoms with Crippen LogP contribution >= 0.6 is 27.5 Å². The molecule has 0 fully saturated rings. The average Bonchev–Trinajstić information content (AvgIpc) is 1.95. The molecule has 1 aromatic carbocycles. The minimum atomic E-state index is -1.79. The van der Waals surface area contributed by atoms with Crippen molar-refractivity contribution in [1.82, 2.24) is 0 Å². The molecule has 0 radical (unpaired) electrons. The highest BCUT2D eigenvalue weighted by Crippen LogP contribution is 2.33. The summed E-state index contributed by atoms with van der Waals surface area (Å²) >= 11 is 8.90. The molecule has 0 N–H and O–H groups in total. The highest BCUT2D eigenvalue weighted by molar-refractivity contribution is 9.10. The molecule has 0 spiro atoms. The molecule has 1 rings (SSSR count). The highest BCUT2D eigenvalue weighted by Gasteiger charge is 2.20. The van der Waals surface area contributed by atoms with Gasteiger partial charge in [0, 0.05) is 5.02 Å². The van der Waals surface area contributed by atoms with E-state index in [-0.39, 0.29) is 5.75 Å². The average molecular weight is 298 g/mol. The first-order chi connectivity index (χ1) is 6.29. The number of halogens is 3. The summed E-state index contributed by atoms with van der Waals surface area (Å²) in [6.07, 6.45) is 0. The van der Waals surface area contributed by atoms with Crippen molar-refractivity contribution in [2.45, 2.75) is 19.6 Å². The fourth-order valence-electron chi connectivity index (χ4n) is 0.933. The van der Waals surface area contributed by atoms with Gasteiger partial charge in [0.15, 0.2) is 11.6 Å². The summed E-state index contributed by atoms with van der Waals surface area (Å²) in [7, 11) is -1.79. The van der Waals surface area contributed by atoms with Gasteiger partial charge >= 0.3 is 0 Å². The van der Waals surface area contributed by atoms with Crippen LogP contribution in [0.2, 0.25) is 24.7 Å². The number of benzene rings is 1.